The quantitative estimate of drug-likeness (QED) is 0.533. The van der Waals surface area contributed by atoms with Crippen molar-refractivity contribution in [3.63, 3.8) is 0 Å². The molecule has 0 aromatic carbocycles. The zero-order valence-corrected chi connectivity index (χ0v) is 8.19. The Bertz CT molecular complexity index is 335. The molecule has 0 aliphatic heterocycles. The Morgan fingerprint density at radius 2 is 1.07 bits per heavy atom. The number of rotatable bonds is 0. The van der Waals surface area contributed by atoms with Gasteiger partial charge in [0.1, 0.15) is 0 Å². The first-order valence-corrected chi connectivity index (χ1v) is 5.02. The first-order valence-electron chi connectivity index (χ1n) is 5.02. The van der Waals surface area contributed by atoms with Gasteiger partial charge in [-0.05, 0) is 24.0 Å². The highest BCUT2D eigenvalue weighted by atomic mass is 14.1. The van der Waals surface area contributed by atoms with Gasteiger partial charge in [-0.3, -0.25) is 0 Å². The second-order valence-electron chi connectivity index (χ2n) is 3.42. The number of hydrogen-bond donors (Lipinski definition) is 0. The largest absolute Gasteiger partial charge is 0.0801 e. The van der Waals surface area contributed by atoms with Crippen molar-refractivity contribution in [1.29, 1.82) is 0 Å². The Labute approximate surface area is 85.3 Å². The molecular formula is C14H14. The van der Waals surface area contributed by atoms with Crippen LogP contribution in [0.2, 0.25) is 0 Å². The molecule has 0 N–H and O–H groups in total. The van der Waals surface area contributed by atoms with Gasteiger partial charge in [0.2, 0.25) is 0 Å². The molecule has 2 rings (SSSR count). The van der Waals surface area contributed by atoms with Crippen LogP contribution < -0.4 is 0 Å². The summed E-state index contributed by atoms with van der Waals surface area (Å²) >= 11 is 0. The van der Waals surface area contributed by atoms with Gasteiger partial charge in [-0.2, -0.15) is 0 Å². The lowest BCUT2D eigenvalue weighted by Gasteiger charge is -2.08. The van der Waals surface area contributed by atoms with Crippen molar-refractivity contribution < 1.29 is 0 Å². The Morgan fingerprint density at radius 3 is 1.57 bits per heavy atom. The maximum absolute atomic E-state index is 2.21. The molecule has 0 heteroatoms. The van der Waals surface area contributed by atoms with Crippen molar-refractivity contribution in [1.82, 2.24) is 0 Å². The summed E-state index contributed by atoms with van der Waals surface area (Å²) in [6.45, 7) is 0. The molecule has 0 fully saturated rings. The molecule has 0 atom stereocenters. The Kier molecular flexibility index (Phi) is 2.97. The zero-order chi connectivity index (χ0) is 9.64. The van der Waals surface area contributed by atoms with Gasteiger partial charge >= 0.3 is 0 Å². The van der Waals surface area contributed by atoms with E-state index in [1.807, 2.05) is 0 Å². The minimum absolute atomic E-state index is 1.04. The molecule has 2 aliphatic carbocycles. The Morgan fingerprint density at radius 1 is 0.571 bits per heavy atom. The van der Waals surface area contributed by atoms with Crippen molar-refractivity contribution in [2.75, 3.05) is 0 Å². The summed E-state index contributed by atoms with van der Waals surface area (Å²) < 4.78 is 0. The van der Waals surface area contributed by atoms with Crippen LogP contribution in [0.25, 0.3) is 0 Å². The summed E-state index contributed by atoms with van der Waals surface area (Å²) in [7, 11) is 0. The Hall–Kier alpha value is -1.56. The van der Waals surface area contributed by atoms with Crippen molar-refractivity contribution >= 4 is 0 Å². The lowest BCUT2D eigenvalue weighted by molar-refractivity contribution is 1.15. The monoisotopic (exact) mass is 182 g/mol. The molecular weight excluding hydrogens is 168 g/mol. The fraction of sp³-hybridized carbons (Fsp3) is 0.143. The third-order valence-electron chi connectivity index (χ3n) is 2.40. The molecule has 0 saturated carbocycles. The Balaban J connectivity index is 2.35. The third kappa shape index (κ3) is 2.23. The standard InChI is InChI=1S/C14H14/c1-2-6-10-14-12-8-4-3-7-11-13(14)9-5-1/h1-10H,11-12H2. The summed E-state index contributed by atoms with van der Waals surface area (Å²) in [5.74, 6) is 0. The van der Waals surface area contributed by atoms with Crippen molar-refractivity contribution in [2.24, 2.45) is 0 Å². The molecule has 0 heterocycles. The summed E-state index contributed by atoms with van der Waals surface area (Å²) in [6.07, 6.45) is 23.5. The molecule has 0 aromatic rings. The zero-order valence-electron chi connectivity index (χ0n) is 8.19. The topological polar surface area (TPSA) is 0 Å². The van der Waals surface area contributed by atoms with Gasteiger partial charge in [0.05, 0.1) is 0 Å². The van der Waals surface area contributed by atoms with E-state index < -0.39 is 0 Å². The van der Waals surface area contributed by atoms with Crippen LogP contribution in [-0.2, 0) is 0 Å². The smallest absolute Gasteiger partial charge is 0.00915 e. The minimum atomic E-state index is 1.04. The lowest BCUT2D eigenvalue weighted by atomic mass is 9.98. The van der Waals surface area contributed by atoms with Gasteiger partial charge < -0.3 is 0 Å². The van der Waals surface area contributed by atoms with E-state index in [0.717, 1.165) is 12.8 Å². The summed E-state index contributed by atoms with van der Waals surface area (Å²) in [4.78, 5) is 0. The molecule has 2 aliphatic rings. The highest BCUT2D eigenvalue weighted by molar-refractivity contribution is 5.41. The van der Waals surface area contributed by atoms with Gasteiger partial charge in [-0.25, -0.2) is 0 Å². The van der Waals surface area contributed by atoms with Crippen LogP contribution in [0, 0.1) is 0 Å². The molecule has 0 nitrogen and oxygen atoms in total. The SMILES string of the molecule is C1=CC=CC2=C(C=C1)CC=CC=CC2. The van der Waals surface area contributed by atoms with E-state index in [1.165, 1.54) is 11.1 Å². The van der Waals surface area contributed by atoms with Gasteiger partial charge in [0.25, 0.3) is 0 Å². The van der Waals surface area contributed by atoms with E-state index in [2.05, 4.69) is 60.8 Å². The van der Waals surface area contributed by atoms with Crippen LogP contribution in [-0.4, -0.2) is 0 Å². The second kappa shape index (κ2) is 4.61. The molecule has 0 bridgehead atoms. The van der Waals surface area contributed by atoms with Crippen LogP contribution >= 0.6 is 0 Å². The van der Waals surface area contributed by atoms with Crippen LogP contribution in [0.15, 0.2) is 71.9 Å². The van der Waals surface area contributed by atoms with Gasteiger partial charge in [-0.15, -0.1) is 0 Å². The number of hydrogen-bond acceptors (Lipinski definition) is 0. The average molecular weight is 182 g/mol. The van der Waals surface area contributed by atoms with E-state index in [-0.39, 0.29) is 0 Å². The maximum Gasteiger partial charge on any atom is -0.00915 e. The third-order valence-corrected chi connectivity index (χ3v) is 2.40. The highest BCUT2D eigenvalue weighted by Gasteiger charge is 2.00. The molecule has 0 radical (unpaired) electrons. The summed E-state index contributed by atoms with van der Waals surface area (Å²) in [5.41, 5.74) is 2.84. The van der Waals surface area contributed by atoms with Crippen molar-refractivity contribution in [3.05, 3.63) is 71.9 Å². The predicted octanol–water partition coefficient (Wildman–Crippen LogP) is 3.87. The van der Waals surface area contributed by atoms with Crippen molar-refractivity contribution in [2.45, 2.75) is 12.8 Å². The van der Waals surface area contributed by atoms with E-state index in [0.29, 0.717) is 0 Å². The highest BCUT2D eigenvalue weighted by Crippen LogP contribution is 2.20. The van der Waals surface area contributed by atoms with E-state index in [1.54, 1.807) is 0 Å². The first-order chi connectivity index (χ1) is 6.97. The van der Waals surface area contributed by atoms with Crippen LogP contribution in [0.1, 0.15) is 12.8 Å². The average Bonchev–Trinajstić information content (AvgIpc) is 2.13. The fourth-order valence-electron chi connectivity index (χ4n) is 1.63. The summed E-state index contributed by atoms with van der Waals surface area (Å²) in [5, 5.41) is 0. The van der Waals surface area contributed by atoms with E-state index >= 15 is 0 Å². The molecule has 14 heavy (non-hydrogen) atoms. The van der Waals surface area contributed by atoms with Gasteiger partial charge in [-0.1, -0.05) is 60.8 Å². The molecule has 0 unspecified atom stereocenters. The first kappa shape index (κ1) is 9.01. The maximum atomic E-state index is 2.21. The molecule has 0 aromatic heterocycles. The molecule has 0 saturated heterocycles. The fourth-order valence-corrected chi connectivity index (χ4v) is 1.63. The summed E-state index contributed by atoms with van der Waals surface area (Å²) in [6, 6.07) is 0. The minimum Gasteiger partial charge on any atom is -0.0801 e. The van der Waals surface area contributed by atoms with Crippen molar-refractivity contribution in [3.8, 4) is 0 Å². The molecule has 70 valence electrons. The van der Waals surface area contributed by atoms with Gasteiger partial charge in [0, 0.05) is 0 Å². The van der Waals surface area contributed by atoms with E-state index in [9.17, 15) is 0 Å². The van der Waals surface area contributed by atoms with Crippen LogP contribution in [0.5, 0.6) is 0 Å². The predicted molar refractivity (Wildman–Crippen MR) is 62.0 cm³/mol. The van der Waals surface area contributed by atoms with E-state index in [4.69, 9.17) is 0 Å². The molecule has 0 amide bonds. The lowest BCUT2D eigenvalue weighted by Crippen LogP contribution is -1.88. The van der Waals surface area contributed by atoms with Crippen LogP contribution in [0.3, 0.4) is 0 Å². The second-order valence-corrected chi connectivity index (χ2v) is 3.42. The van der Waals surface area contributed by atoms with Gasteiger partial charge in [0.15, 0.2) is 0 Å². The normalized spacial score (nSPS) is 20.0. The number of allylic oxidation sites excluding steroid dienone is 12. The van der Waals surface area contributed by atoms with Crippen LogP contribution in [0.4, 0.5) is 0 Å². The molecule has 0 spiro atoms.